The molecule has 0 fully saturated rings. The fourth-order valence-electron chi connectivity index (χ4n) is 10.6. The van der Waals surface area contributed by atoms with Crippen LogP contribution in [0.5, 0.6) is 0 Å². The van der Waals surface area contributed by atoms with Crippen molar-refractivity contribution in [1.82, 2.24) is 0 Å². The topological polar surface area (TPSA) is 3.24 Å². The summed E-state index contributed by atoms with van der Waals surface area (Å²) in [4.78, 5) is 0.933. The van der Waals surface area contributed by atoms with Crippen LogP contribution < -0.4 is 4.90 Å². The van der Waals surface area contributed by atoms with E-state index in [1.165, 1.54) is 12.1 Å². The molecule has 340 valence electrons. The molecule has 1 nitrogen and oxygen atoms in total. The molecule has 15 rings (SSSR count). The molecule has 0 atom stereocenters. The fraction of sp³-hybridized carbons (Fsp3) is 0.0141. The maximum Gasteiger partial charge on any atom is 0.0726 e. The number of hydrogen-bond acceptors (Lipinski definition) is 2. The zero-order valence-corrected chi connectivity index (χ0v) is 38.5. The van der Waals surface area contributed by atoms with E-state index in [2.05, 4.69) is 6.07 Å². The Labute approximate surface area is 468 Å². The Balaban J connectivity index is 1.15. The van der Waals surface area contributed by atoms with Crippen molar-refractivity contribution in [2.24, 2.45) is 0 Å². The van der Waals surface area contributed by atoms with Gasteiger partial charge in [0.15, 0.2) is 0 Å². The maximum absolute atomic E-state index is 10.6. The third-order valence-electron chi connectivity index (χ3n) is 13.6. The van der Waals surface area contributed by atoms with Crippen LogP contribution in [0.4, 0.5) is 17.1 Å². The zero-order valence-electron chi connectivity index (χ0n) is 65.7. The molecule has 2 heteroatoms. The zero-order chi connectivity index (χ0) is 72.4. The van der Waals surface area contributed by atoms with Crippen molar-refractivity contribution in [3.63, 3.8) is 0 Å². The minimum absolute atomic E-state index is 0.256. The van der Waals surface area contributed by atoms with Gasteiger partial charge < -0.3 is 4.90 Å². The normalized spacial score (nSPS) is 18.1. The highest BCUT2D eigenvalue weighted by Crippen LogP contribution is 2.65. The molecule has 13 aromatic rings. The largest absolute Gasteiger partial charge is 0.310 e. The van der Waals surface area contributed by atoms with Gasteiger partial charge in [0, 0.05) is 37.1 Å². The van der Waals surface area contributed by atoms with Crippen LogP contribution in [-0.4, -0.2) is 0 Å². The van der Waals surface area contributed by atoms with Gasteiger partial charge in [0.1, 0.15) is 0 Å². The van der Waals surface area contributed by atoms with Crippen molar-refractivity contribution in [3.8, 4) is 66.8 Å². The summed E-state index contributed by atoms with van der Waals surface area (Å²) in [5.74, 6) is 0. The van der Waals surface area contributed by atoms with Crippen LogP contribution in [-0.2, 0) is 5.41 Å². The van der Waals surface area contributed by atoms with Gasteiger partial charge in [0.2, 0.25) is 0 Å². The van der Waals surface area contributed by atoms with Crippen molar-refractivity contribution in [2.45, 2.75) is 5.41 Å². The predicted molar refractivity (Wildman–Crippen MR) is 310 cm³/mol. The van der Waals surface area contributed by atoms with Crippen LogP contribution >= 0.6 is 11.3 Å². The highest BCUT2D eigenvalue weighted by molar-refractivity contribution is 7.25. The van der Waals surface area contributed by atoms with E-state index in [-0.39, 0.29) is 5.69 Å². The van der Waals surface area contributed by atoms with Crippen LogP contribution in [0, 0.1) is 0 Å². The van der Waals surface area contributed by atoms with Crippen LogP contribution in [0.3, 0.4) is 0 Å². The molecule has 1 aromatic heterocycles. The van der Waals surface area contributed by atoms with Gasteiger partial charge in [0.05, 0.1) is 49.5 Å². The van der Waals surface area contributed by atoms with Crippen LogP contribution in [0.25, 0.3) is 97.7 Å². The molecule has 2 aliphatic rings. The Morgan fingerprint density at radius 1 is 0.342 bits per heavy atom. The van der Waals surface area contributed by atoms with Gasteiger partial charge in [-0.2, -0.15) is 0 Å². The van der Waals surface area contributed by atoms with Crippen molar-refractivity contribution >= 4 is 59.3 Å². The summed E-state index contributed by atoms with van der Waals surface area (Å²) in [6.07, 6.45) is 0. The molecule has 12 aromatic carbocycles. The lowest BCUT2D eigenvalue weighted by atomic mass is 9.70. The minimum Gasteiger partial charge on any atom is -0.310 e. The van der Waals surface area contributed by atoms with Crippen LogP contribution in [0.15, 0.2) is 272 Å². The molecular weight excluding hydrogens is 899 g/mol. The third kappa shape index (κ3) is 6.34. The van der Waals surface area contributed by atoms with E-state index in [0.29, 0.717) is 11.1 Å². The van der Waals surface area contributed by atoms with E-state index < -0.39 is 253 Å². The van der Waals surface area contributed by atoms with Crippen LogP contribution in [0.2, 0.25) is 0 Å². The van der Waals surface area contributed by atoms with Gasteiger partial charge in [-0.05, 0) is 143 Å². The molecule has 0 aliphatic heterocycles. The second-order valence-corrected chi connectivity index (χ2v) is 18.4. The van der Waals surface area contributed by atoms with Gasteiger partial charge in [-0.1, -0.05) is 224 Å². The molecule has 0 N–H and O–H groups in total. The van der Waals surface area contributed by atoms with E-state index in [1.54, 1.807) is 23.5 Å². The van der Waals surface area contributed by atoms with Gasteiger partial charge in [-0.3, -0.25) is 0 Å². The minimum atomic E-state index is -2.91. The number of nitrogens with zero attached hydrogens (tertiary/aromatic N) is 1. The standard InChI is InChI=1S/C71H45NS/c1-3-18-46(19-4-1)51-42-52(47-20-5-2-6-21-47)44-54(43-51)72(66-32-17-31-65-70(66)61-27-11-15-30-64(61)71(65)62-28-13-9-24-57(62)58-25-10-14-29-63(58)71)53-38-34-49(35-39-53)56-40-36-48-22-7-8-23-55(48)69(56)50-37-41-60-59-26-12-16-33-67(59)73-68(60)45-50/h1-45H/i1D,2D,3D,4D,5D,6D,9D,10D,11D,13D,14D,15D,17D,18D,19D,20D,21D,24D,25D,27D,28D,29D,30D,31D,32D,42D,43D,44D. The summed E-state index contributed by atoms with van der Waals surface area (Å²) >= 11 is 1.61. The molecule has 0 radical (unpaired) electrons. The van der Waals surface area contributed by atoms with Gasteiger partial charge in [0.25, 0.3) is 0 Å². The maximum atomic E-state index is 10.6. The van der Waals surface area contributed by atoms with Gasteiger partial charge >= 0.3 is 0 Å². The molecule has 1 heterocycles. The first kappa shape index (κ1) is 22.6. The number of thiophene rings is 1. The predicted octanol–water partition coefficient (Wildman–Crippen LogP) is 19.7. The van der Waals surface area contributed by atoms with E-state index in [0.717, 1.165) is 47.0 Å². The Morgan fingerprint density at radius 3 is 1.60 bits per heavy atom. The molecule has 0 saturated carbocycles. The highest BCUT2D eigenvalue weighted by atomic mass is 32.1. The quantitative estimate of drug-likeness (QED) is 0.154. The fourth-order valence-corrected chi connectivity index (χ4v) is 11.8. The van der Waals surface area contributed by atoms with Crippen molar-refractivity contribution in [1.29, 1.82) is 0 Å². The smallest absolute Gasteiger partial charge is 0.0726 e. The number of rotatable bonds is 7. The Morgan fingerprint density at radius 2 is 0.904 bits per heavy atom. The average Bonchev–Trinajstić information content (AvgIpc) is 1.47. The molecular formula is C71H45NS. The summed E-state index contributed by atoms with van der Waals surface area (Å²) < 4.78 is 268. The average molecular weight is 972 g/mol. The lowest BCUT2D eigenvalue weighted by Gasteiger charge is -2.32. The molecule has 2 aliphatic carbocycles. The van der Waals surface area contributed by atoms with Crippen molar-refractivity contribution in [3.05, 3.63) is 295 Å². The molecule has 1 spiro atoms. The first-order valence-corrected chi connectivity index (χ1v) is 23.8. The Bertz CT molecular complexity index is 5800. The monoisotopic (exact) mass is 972 g/mol. The first-order valence-electron chi connectivity index (χ1n) is 37.0. The van der Waals surface area contributed by atoms with Crippen LogP contribution in [0.1, 0.15) is 60.6 Å². The van der Waals surface area contributed by atoms with E-state index >= 15 is 0 Å². The van der Waals surface area contributed by atoms with Gasteiger partial charge in [-0.15, -0.1) is 11.3 Å². The molecule has 0 bridgehead atoms. The third-order valence-corrected chi connectivity index (χ3v) is 14.8. The lowest BCUT2D eigenvalue weighted by molar-refractivity contribution is 0.794. The molecule has 0 amide bonds. The van der Waals surface area contributed by atoms with Crippen molar-refractivity contribution < 1.29 is 38.4 Å². The van der Waals surface area contributed by atoms with E-state index in [1.807, 2.05) is 72.8 Å². The van der Waals surface area contributed by atoms with Gasteiger partial charge in [-0.25, -0.2) is 0 Å². The Kier molecular flexibility index (Phi) is 5.10. The number of benzene rings is 12. The summed E-state index contributed by atoms with van der Waals surface area (Å²) in [7, 11) is 0. The second-order valence-electron chi connectivity index (χ2n) is 17.3. The highest BCUT2D eigenvalue weighted by Gasteiger charge is 2.52. The summed E-state index contributed by atoms with van der Waals surface area (Å²) in [6, 6.07) is 4.13. The SMILES string of the molecule is [2H]c1c([2H])c([2H])c(-c2c([2H])c(-c3c([2H])c([2H])c([2H])c([2H])c3[2H])c([2H])c(N(c3ccc(-c4ccc5ccccc5c4-c4ccc5c(c4)sc4ccccc45)cc3)c3c([2H])c([2H])c([2H])c4c3-c3c([2H])c([2H])c([2H])c([2H])c3C43c4c([2H])c([2H])c([2H])c([2H])c4-c4c([2H])c([2H])c([2H])c([2H])c43)c2[2H])c([2H])c1[2H]. The summed E-state index contributed by atoms with van der Waals surface area (Å²) in [5, 5.41) is 3.80. The lowest BCUT2D eigenvalue weighted by Crippen LogP contribution is -2.26. The number of hydrogen-bond donors (Lipinski definition) is 0. The number of fused-ring (bicyclic) bond motifs is 14. The first-order chi connectivity index (χ1) is 47.9. The van der Waals surface area contributed by atoms with E-state index in [9.17, 15) is 27.4 Å². The summed E-state index contributed by atoms with van der Waals surface area (Å²) in [5.41, 5.74) is -10.9. The molecule has 73 heavy (non-hydrogen) atoms. The van der Waals surface area contributed by atoms with E-state index in [4.69, 9.17) is 11.0 Å². The molecule has 0 saturated heterocycles. The summed E-state index contributed by atoms with van der Waals surface area (Å²) in [6.45, 7) is 0. The van der Waals surface area contributed by atoms with Crippen molar-refractivity contribution in [2.75, 3.05) is 4.90 Å². The second kappa shape index (κ2) is 16.5. The Hall–Kier alpha value is -9.08. The number of anilines is 3. The molecule has 0 unspecified atom stereocenters.